The number of anilines is 1. The van der Waals surface area contributed by atoms with Crippen LogP contribution in [0.25, 0.3) is 0 Å². The van der Waals surface area contributed by atoms with Crippen LogP contribution in [0.5, 0.6) is 5.75 Å². The lowest BCUT2D eigenvalue weighted by Crippen LogP contribution is -2.33. The molecule has 0 aliphatic rings. The van der Waals surface area contributed by atoms with Crippen molar-refractivity contribution < 1.29 is 9.53 Å². The van der Waals surface area contributed by atoms with Crippen LogP contribution in [0.3, 0.4) is 0 Å². The van der Waals surface area contributed by atoms with Crippen molar-refractivity contribution in [1.29, 1.82) is 0 Å². The molecule has 2 N–H and O–H groups in total. The summed E-state index contributed by atoms with van der Waals surface area (Å²) >= 11 is 5.87. The lowest BCUT2D eigenvalue weighted by Gasteiger charge is -2.13. The predicted molar refractivity (Wildman–Crippen MR) is 94.0 cm³/mol. The molecule has 0 heterocycles. The standard InChI is InChI=1S/C18H21ClN2O2/c1-12(2)17-8-7-16(9-13(17)3)23-11-18(22)21-20-15-6-4-5-14(19)10-15/h4-10,12,20H,11H2,1-3H3,(H,21,22). The van der Waals surface area contributed by atoms with E-state index in [0.29, 0.717) is 22.4 Å². The zero-order chi connectivity index (χ0) is 16.8. The Labute approximate surface area is 141 Å². The predicted octanol–water partition coefficient (Wildman–Crippen LogP) is 4.29. The minimum atomic E-state index is -0.268. The van der Waals surface area contributed by atoms with Crippen LogP contribution in [-0.4, -0.2) is 12.5 Å². The third-order valence-electron chi connectivity index (χ3n) is 3.40. The molecule has 0 atom stereocenters. The van der Waals surface area contributed by atoms with Crippen LogP contribution >= 0.6 is 11.6 Å². The topological polar surface area (TPSA) is 50.4 Å². The molecule has 0 aliphatic carbocycles. The van der Waals surface area contributed by atoms with Crippen LogP contribution in [0.2, 0.25) is 5.02 Å². The second-order valence-electron chi connectivity index (χ2n) is 5.65. The van der Waals surface area contributed by atoms with Crippen molar-refractivity contribution >= 4 is 23.2 Å². The van der Waals surface area contributed by atoms with Gasteiger partial charge in [0.2, 0.25) is 0 Å². The number of rotatable bonds is 6. The number of amides is 1. The fraction of sp³-hybridized carbons (Fsp3) is 0.278. The van der Waals surface area contributed by atoms with E-state index >= 15 is 0 Å². The van der Waals surface area contributed by atoms with Crippen LogP contribution < -0.4 is 15.6 Å². The summed E-state index contributed by atoms with van der Waals surface area (Å²) in [7, 11) is 0. The Bertz CT molecular complexity index is 686. The molecule has 2 rings (SSSR count). The van der Waals surface area contributed by atoms with E-state index in [1.54, 1.807) is 24.3 Å². The molecule has 23 heavy (non-hydrogen) atoms. The van der Waals surface area contributed by atoms with Gasteiger partial charge >= 0.3 is 0 Å². The largest absolute Gasteiger partial charge is 0.484 e. The lowest BCUT2D eigenvalue weighted by atomic mass is 9.98. The molecule has 5 heteroatoms. The first-order valence-electron chi connectivity index (χ1n) is 7.49. The Morgan fingerprint density at radius 3 is 2.65 bits per heavy atom. The molecule has 2 aromatic carbocycles. The van der Waals surface area contributed by atoms with E-state index in [4.69, 9.17) is 16.3 Å². The molecule has 0 spiro atoms. The van der Waals surface area contributed by atoms with E-state index in [0.717, 1.165) is 5.56 Å². The van der Waals surface area contributed by atoms with Crippen LogP contribution in [0.1, 0.15) is 30.9 Å². The molecule has 0 fully saturated rings. The van der Waals surface area contributed by atoms with Gasteiger partial charge in [-0.15, -0.1) is 0 Å². The highest BCUT2D eigenvalue weighted by Crippen LogP contribution is 2.23. The molecule has 0 saturated carbocycles. The number of carbonyl (C=O) groups excluding carboxylic acids is 1. The summed E-state index contributed by atoms with van der Waals surface area (Å²) in [5.41, 5.74) is 8.52. The summed E-state index contributed by atoms with van der Waals surface area (Å²) < 4.78 is 5.52. The van der Waals surface area contributed by atoms with Gasteiger partial charge in [0.1, 0.15) is 5.75 Å². The van der Waals surface area contributed by atoms with Gasteiger partial charge in [0, 0.05) is 5.02 Å². The highest BCUT2D eigenvalue weighted by molar-refractivity contribution is 6.30. The van der Waals surface area contributed by atoms with Gasteiger partial charge in [0.15, 0.2) is 6.61 Å². The molecule has 2 aromatic rings. The summed E-state index contributed by atoms with van der Waals surface area (Å²) in [6.07, 6.45) is 0. The minimum absolute atomic E-state index is 0.0615. The third-order valence-corrected chi connectivity index (χ3v) is 3.64. The van der Waals surface area contributed by atoms with Crippen molar-refractivity contribution in [3.8, 4) is 5.75 Å². The van der Waals surface area contributed by atoms with Gasteiger partial charge in [0.05, 0.1) is 5.69 Å². The number of benzene rings is 2. The summed E-state index contributed by atoms with van der Waals surface area (Å²) in [5.74, 6) is 0.884. The molecule has 0 radical (unpaired) electrons. The number of halogens is 1. The monoisotopic (exact) mass is 332 g/mol. The quantitative estimate of drug-likeness (QED) is 0.776. The van der Waals surface area contributed by atoms with Gasteiger partial charge in [-0.05, 0) is 54.3 Å². The van der Waals surface area contributed by atoms with Crippen LogP contribution in [0.15, 0.2) is 42.5 Å². The normalized spacial score (nSPS) is 10.5. The number of ether oxygens (including phenoxy) is 1. The maximum Gasteiger partial charge on any atom is 0.276 e. The van der Waals surface area contributed by atoms with Crippen molar-refractivity contribution in [2.24, 2.45) is 0 Å². The van der Waals surface area contributed by atoms with E-state index in [1.165, 1.54) is 5.56 Å². The minimum Gasteiger partial charge on any atom is -0.484 e. The maximum atomic E-state index is 11.8. The average Bonchev–Trinajstić information content (AvgIpc) is 2.50. The Morgan fingerprint density at radius 1 is 1.22 bits per heavy atom. The van der Waals surface area contributed by atoms with E-state index in [2.05, 4.69) is 24.7 Å². The van der Waals surface area contributed by atoms with Gasteiger partial charge < -0.3 is 4.74 Å². The maximum absolute atomic E-state index is 11.8. The smallest absolute Gasteiger partial charge is 0.276 e. The summed E-state index contributed by atoms with van der Waals surface area (Å²) in [6.45, 7) is 6.28. The number of carbonyl (C=O) groups is 1. The van der Waals surface area contributed by atoms with Crippen molar-refractivity contribution in [1.82, 2.24) is 5.43 Å². The van der Waals surface area contributed by atoms with E-state index in [9.17, 15) is 4.79 Å². The fourth-order valence-electron chi connectivity index (χ4n) is 2.28. The number of hydrogen-bond donors (Lipinski definition) is 2. The Balaban J connectivity index is 1.83. The third kappa shape index (κ3) is 5.18. The number of nitrogens with one attached hydrogen (secondary N) is 2. The highest BCUT2D eigenvalue weighted by Gasteiger charge is 2.07. The zero-order valence-electron chi connectivity index (χ0n) is 13.5. The highest BCUT2D eigenvalue weighted by atomic mass is 35.5. The average molecular weight is 333 g/mol. The van der Waals surface area contributed by atoms with Gasteiger partial charge in [-0.2, -0.15) is 0 Å². The Morgan fingerprint density at radius 2 is 2.00 bits per heavy atom. The van der Waals surface area contributed by atoms with E-state index in [-0.39, 0.29) is 12.5 Å². The van der Waals surface area contributed by atoms with Gasteiger partial charge in [-0.1, -0.05) is 37.6 Å². The number of hydrazine groups is 1. The second-order valence-corrected chi connectivity index (χ2v) is 6.08. The lowest BCUT2D eigenvalue weighted by molar-refractivity contribution is -0.122. The molecule has 0 aliphatic heterocycles. The first-order valence-corrected chi connectivity index (χ1v) is 7.87. The first kappa shape index (κ1) is 17.2. The molecule has 0 unspecified atom stereocenters. The molecule has 0 aromatic heterocycles. The molecular weight excluding hydrogens is 312 g/mol. The van der Waals surface area contributed by atoms with Crippen molar-refractivity contribution in [3.05, 3.63) is 58.6 Å². The van der Waals surface area contributed by atoms with E-state index in [1.807, 2.05) is 25.1 Å². The molecule has 122 valence electrons. The van der Waals surface area contributed by atoms with Gasteiger partial charge in [0.25, 0.3) is 5.91 Å². The Kier molecular flexibility index (Phi) is 5.88. The summed E-state index contributed by atoms with van der Waals surface area (Å²) in [5, 5.41) is 0.598. The SMILES string of the molecule is Cc1cc(OCC(=O)NNc2cccc(Cl)c2)ccc1C(C)C. The second kappa shape index (κ2) is 7.88. The fourth-order valence-corrected chi connectivity index (χ4v) is 2.47. The van der Waals surface area contributed by atoms with Crippen LogP contribution in [0.4, 0.5) is 5.69 Å². The molecule has 4 nitrogen and oxygen atoms in total. The van der Waals surface area contributed by atoms with Crippen molar-refractivity contribution in [3.63, 3.8) is 0 Å². The van der Waals surface area contributed by atoms with E-state index < -0.39 is 0 Å². The molecular formula is C18H21ClN2O2. The number of hydrogen-bond acceptors (Lipinski definition) is 3. The molecule has 0 saturated heterocycles. The van der Waals surface area contributed by atoms with Crippen LogP contribution in [-0.2, 0) is 4.79 Å². The van der Waals surface area contributed by atoms with Crippen LogP contribution in [0, 0.1) is 6.92 Å². The van der Waals surface area contributed by atoms with Crippen molar-refractivity contribution in [2.75, 3.05) is 12.0 Å². The zero-order valence-corrected chi connectivity index (χ0v) is 14.3. The number of aryl methyl sites for hydroxylation is 1. The van der Waals surface area contributed by atoms with Crippen molar-refractivity contribution in [2.45, 2.75) is 26.7 Å². The molecule has 0 bridgehead atoms. The van der Waals surface area contributed by atoms with Gasteiger partial charge in [-0.25, -0.2) is 0 Å². The summed E-state index contributed by atoms with van der Waals surface area (Å²) in [6, 6.07) is 13.0. The molecule has 1 amide bonds. The summed E-state index contributed by atoms with van der Waals surface area (Å²) in [4.78, 5) is 11.8. The van der Waals surface area contributed by atoms with Gasteiger partial charge in [-0.3, -0.25) is 15.6 Å². The first-order chi connectivity index (χ1) is 11.0. The Hall–Kier alpha value is -2.20.